The fraction of sp³-hybridized carbons (Fsp3) is 0.167. The molecule has 7 nitrogen and oxygen atoms in total. The fourth-order valence-corrected chi connectivity index (χ4v) is 4.41. The summed E-state index contributed by atoms with van der Waals surface area (Å²) in [4.78, 5) is 33.8. The van der Waals surface area contributed by atoms with Crippen molar-refractivity contribution in [1.82, 2.24) is 0 Å². The number of anilines is 2. The van der Waals surface area contributed by atoms with E-state index in [2.05, 4.69) is 0 Å². The van der Waals surface area contributed by atoms with Gasteiger partial charge in [-0.25, -0.2) is 14.4 Å². The lowest BCUT2D eigenvalue weighted by Gasteiger charge is -2.29. The summed E-state index contributed by atoms with van der Waals surface area (Å²) in [6.45, 7) is 0. The molecular formula is C24H18ClFN2O5. The zero-order valence-electron chi connectivity index (χ0n) is 17.3. The maximum absolute atomic E-state index is 13.5. The highest BCUT2D eigenvalue weighted by molar-refractivity contribution is 6.30. The first-order valence-electron chi connectivity index (χ1n) is 10.1. The molecule has 33 heavy (non-hydrogen) atoms. The average molecular weight is 469 g/mol. The molecule has 0 saturated carbocycles. The van der Waals surface area contributed by atoms with Gasteiger partial charge in [-0.1, -0.05) is 17.7 Å². The van der Waals surface area contributed by atoms with Gasteiger partial charge in [0.15, 0.2) is 17.6 Å². The minimum atomic E-state index is -1.08. The standard InChI is InChI=1S/C24H18ClFN2O5/c1-32-19-12-13(2-11-18(19)29)21-20-22(33-28(21)17-7-3-14(25)4-8-17)24(31)27(23(20)30)16-9-5-15(26)6-10-16/h2-12,20-22,29H,1H3/t20-,21+,22+/m0/s1. The highest BCUT2D eigenvalue weighted by Gasteiger charge is 2.60. The molecule has 168 valence electrons. The topological polar surface area (TPSA) is 79.3 Å². The Labute approximate surface area is 193 Å². The third-order valence-corrected chi connectivity index (χ3v) is 6.08. The Morgan fingerprint density at radius 1 is 0.970 bits per heavy atom. The molecule has 2 aliphatic rings. The van der Waals surface area contributed by atoms with Gasteiger partial charge in [0.1, 0.15) is 11.7 Å². The maximum Gasteiger partial charge on any atom is 0.266 e. The van der Waals surface area contributed by atoms with Crippen LogP contribution < -0.4 is 14.7 Å². The van der Waals surface area contributed by atoms with E-state index >= 15 is 0 Å². The van der Waals surface area contributed by atoms with Gasteiger partial charge in [0.2, 0.25) is 5.91 Å². The number of ether oxygens (including phenoxy) is 1. The summed E-state index contributed by atoms with van der Waals surface area (Å²) in [5.74, 6) is -2.20. The second kappa shape index (κ2) is 8.06. The Bertz CT molecular complexity index is 1230. The van der Waals surface area contributed by atoms with Crippen LogP contribution in [0.4, 0.5) is 15.8 Å². The van der Waals surface area contributed by atoms with Crippen LogP contribution in [0.5, 0.6) is 11.5 Å². The molecule has 0 aromatic heterocycles. The highest BCUT2D eigenvalue weighted by Crippen LogP contribution is 2.48. The van der Waals surface area contributed by atoms with Crippen LogP contribution in [-0.2, 0) is 14.4 Å². The number of carbonyl (C=O) groups excluding carboxylic acids is 2. The van der Waals surface area contributed by atoms with Crippen molar-refractivity contribution >= 4 is 34.8 Å². The second-order valence-corrected chi connectivity index (χ2v) is 8.15. The summed E-state index contributed by atoms with van der Waals surface area (Å²) in [5.41, 5.74) is 1.47. The van der Waals surface area contributed by atoms with Crippen molar-refractivity contribution < 1.29 is 28.7 Å². The lowest BCUT2D eigenvalue weighted by molar-refractivity contribution is -0.126. The average Bonchev–Trinajstić information content (AvgIpc) is 3.32. The van der Waals surface area contributed by atoms with E-state index in [1.54, 1.807) is 36.4 Å². The molecule has 2 saturated heterocycles. The van der Waals surface area contributed by atoms with E-state index in [1.165, 1.54) is 42.5 Å². The number of imide groups is 1. The molecule has 3 aromatic carbocycles. The Morgan fingerprint density at radius 2 is 1.64 bits per heavy atom. The van der Waals surface area contributed by atoms with E-state index in [4.69, 9.17) is 21.2 Å². The first-order valence-corrected chi connectivity index (χ1v) is 10.5. The Morgan fingerprint density at radius 3 is 2.30 bits per heavy atom. The molecule has 2 aliphatic heterocycles. The van der Waals surface area contributed by atoms with Crippen molar-refractivity contribution in [2.75, 3.05) is 17.1 Å². The SMILES string of the molecule is COc1cc([C@@H]2[C@@H]3C(=O)N(c4ccc(F)cc4)C(=O)[C@@H]3ON2c2ccc(Cl)cc2)ccc1O. The minimum absolute atomic E-state index is 0.0588. The van der Waals surface area contributed by atoms with Crippen molar-refractivity contribution in [3.8, 4) is 11.5 Å². The summed E-state index contributed by atoms with van der Waals surface area (Å²) >= 11 is 6.02. The monoisotopic (exact) mass is 468 g/mol. The predicted molar refractivity (Wildman–Crippen MR) is 119 cm³/mol. The molecule has 0 radical (unpaired) electrons. The molecule has 3 atom stereocenters. The molecule has 9 heteroatoms. The minimum Gasteiger partial charge on any atom is -0.504 e. The number of nitrogens with zero attached hydrogens (tertiary/aromatic N) is 2. The molecular weight excluding hydrogens is 451 g/mol. The van der Waals surface area contributed by atoms with Gasteiger partial charge in [-0.15, -0.1) is 0 Å². The summed E-state index contributed by atoms with van der Waals surface area (Å²) in [5, 5.41) is 12.1. The van der Waals surface area contributed by atoms with Crippen molar-refractivity contribution in [3.05, 3.63) is 83.1 Å². The zero-order chi connectivity index (χ0) is 23.3. The molecule has 0 spiro atoms. The maximum atomic E-state index is 13.5. The Kier molecular flexibility index (Phi) is 5.19. The van der Waals surface area contributed by atoms with Gasteiger partial charge in [-0.2, -0.15) is 0 Å². The second-order valence-electron chi connectivity index (χ2n) is 7.72. The van der Waals surface area contributed by atoms with Crippen LogP contribution in [0.3, 0.4) is 0 Å². The van der Waals surface area contributed by atoms with E-state index in [-0.39, 0.29) is 17.2 Å². The van der Waals surface area contributed by atoms with Gasteiger partial charge < -0.3 is 9.84 Å². The highest BCUT2D eigenvalue weighted by atomic mass is 35.5. The van der Waals surface area contributed by atoms with Crippen molar-refractivity contribution in [2.45, 2.75) is 12.1 Å². The number of rotatable bonds is 4. The summed E-state index contributed by atoms with van der Waals surface area (Å²) < 4.78 is 18.6. The number of hydroxylamine groups is 1. The molecule has 0 unspecified atom stereocenters. The van der Waals surface area contributed by atoms with Crippen LogP contribution in [-0.4, -0.2) is 30.1 Å². The number of halogens is 2. The predicted octanol–water partition coefficient (Wildman–Crippen LogP) is 4.24. The van der Waals surface area contributed by atoms with Crippen LogP contribution in [0.2, 0.25) is 5.02 Å². The number of aromatic hydroxyl groups is 1. The number of hydrogen-bond donors (Lipinski definition) is 1. The number of hydrogen-bond acceptors (Lipinski definition) is 6. The van der Waals surface area contributed by atoms with E-state index in [1.807, 2.05) is 0 Å². The number of carbonyl (C=O) groups is 2. The lowest BCUT2D eigenvalue weighted by Crippen LogP contribution is -2.37. The van der Waals surface area contributed by atoms with E-state index in [0.29, 0.717) is 16.3 Å². The normalized spacial score (nSPS) is 22.1. The molecule has 3 aromatic rings. The summed E-state index contributed by atoms with van der Waals surface area (Å²) in [6.07, 6.45) is -1.08. The molecule has 1 N–H and O–H groups in total. The van der Waals surface area contributed by atoms with Crippen molar-refractivity contribution in [1.29, 1.82) is 0 Å². The van der Waals surface area contributed by atoms with Gasteiger partial charge in [0, 0.05) is 5.02 Å². The molecule has 0 aliphatic carbocycles. The number of phenols is 1. The van der Waals surface area contributed by atoms with Crippen LogP contribution >= 0.6 is 11.6 Å². The van der Waals surface area contributed by atoms with Crippen LogP contribution in [0.1, 0.15) is 11.6 Å². The molecule has 2 amide bonds. The molecule has 5 rings (SSSR count). The third-order valence-electron chi connectivity index (χ3n) is 5.83. The molecule has 2 heterocycles. The van der Waals surface area contributed by atoms with Gasteiger partial charge in [0.25, 0.3) is 5.91 Å². The van der Waals surface area contributed by atoms with Crippen LogP contribution in [0.15, 0.2) is 66.7 Å². The Hall–Kier alpha value is -3.62. The lowest BCUT2D eigenvalue weighted by atomic mass is 9.90. The molecule has 2 fully saturated rings. The fourth-order valence-electron chi connectivity index (χ4n) is 4.29. The first kappa shape index (κ1) is 21.2. The smallest absolute Gasteiger partial charge is 0.266 e. The van der Waals surface area contributed by atoms with Gasteiger partial charge >= 0.3 is 0 Å². The number of phenolic OH excluding ortho intramolecular Hbond substituents is 1. The quantitative estimate of drug-likeness (QED) is 0.577. The zero-order valence-corrected chi connectivity index (χ0v) is 18.1. The number of benzene rings is 3. The summed E-state index contributed by atoms with van der Waals surface area (Å²) in [7, 11) is 1.42. The van der Waals surface area contributed by atoms with Crippen LogP contribution in [0.25, 0.3) is 0 Å². The van der Waals surface area contributed by atoms with Crippen molar-refractivity contribution in [2.24, 2.45) is 5.92 Å². The Balaban J connectivity index is 1.60. The van der Waals surface area contributed by atoms with Gasteiger partial charge in [-0.05, 0) is 66.2 Å². The van der Waals surface area contributed by atoms with E-state index in [9.17, 15) is 19.1 Å². The van der Waals surface area contributed by atoms with E-state index < -0.39 is 35.7 Å². The number of amides is 2. The van der Waals surface area contributed by atoms with Crippen molar-refractivity contribution in [3.63, 3.8) is 0 Å². The van der Waals surface area contributed by atoms with E-state index in [0.717, 1.165) is 4.90 Å². The largest absolute Gasteiger partial charge is 0.504 e. The molecule has 0 bridgehead atoms. The number of methoxy groups -OCH3 is 1. The number of fused-ring (bicyclic) bond motifs is 1. The van der Waals surface area contributed by atoms with Gasteiger partial charge in [0.05, 0.1) is 24.5 Å². The third kappa shape index (κ3) is 3.48. The first-order chi connectivity index (χ1) is 15.9. The van der Waals surface area contributed by atoms with Gasteiger partial charge in [-0.3, -0.25) is 14.4 Å². The van der Waals surface area contributed by atoms with Crippen LogP contribution in [0, 0.1) is 11.7 Å². The summed E-state index contributed by atoms with van der Waals surface area (Å²) in [6, 6.07) is 15.9.